The molecule has 42 heavy (non-hydrogen) atoms. The Balaban J connectivity index is 1.39. The van der Waals surface area contributed by atoms with Crippen molar-refractivity contribution in [2.24, 2.45) is 0 Å². The molecule has 0 amide bonds. The van der Waals surface area contributed by atoms with E-state index in [9.17, 15) is 0 Å². The fraction of sp³-hybridized carbons (Fsp3) is 0. The number of hydrogen-bond acceptors (Lipinski definition) is 1. The molecular weight excluding hydrogens is 510 g/mol. The Bertz CT molecular complexity index is 2460. The second-order valence-electron chi connectivity index (χ2n) is 10.8. The number of benzene rings is 6. The first kappa shape index (κ1) is 23.1. The van der Waals surface area contributed by atoms with Crippen molar-refractivity contribution in [2.75, 3.05) is 0 Å². The summed E-state index contributed by atoms with van der Waals surface area (Å²) in [6, 6.07) is 52.1. The average Bonchev–Trinajstić information content (AvgIpc) is 3.58. The van der Waals surface area contributed by atoms with Crippen LogP contribution in [-0.4, -0.2) is 14.1 Å². The Hall–Kier alpha value is -5.67. The Morgan fingerprint density at radius 3 is 1.83 bits per heavy atom. The third kappa shape index (κ3) is 3.25. The van der Waals surface area contributed by atoms with Crippen LogP contribution < -0.4 is 0 Å². The van der Waals surface area contributed by atoms with Crippen LogP contribution in [0.3, 0.4) is 0 Å². The molecule has 0 spiro atoms. The standard InChI is InChI=1S/C39H25N3/c1-2-13-28(14-3-1)41-34-19-9-7-16-31(34)38-36(41)23-24-40-39(38)32-17-10-20-35-37(32)30-15-6-8-18-33(30)42(35)29-22-21-26-11-4-5-12-27(26)25-29/h1-25H. The average molecular weight is 536 g/mol. The molecule has 0 fully saturated rings. The van der Waals surface area contributed by atoms with Gasteiger partial charge in [0, 0.05) is 44.7 Å². The van der Waals surface area contributed by atoms with Gasteiger partial charge in [0.2, 0.25) is 0 Å². The van der Waals surface area contributed by atoms with Gasteiger partial charge in [-0.3, -0.25) is 4.98 Å². The predicted octanol–water partition coefficient (Wildman–Crippen LogP) is 10.1. The third-order valence-corrected chi connectivity index (χ3v) is 8.54. The second-order valence-corrected chi connectivity index (χ2v) is 10.8. The normalized spacial score (nSPS) is 11.8. The van der Waals surface area contributed by atoms with Crippen molar-refractivity contribution < 1.29 is 0 Å². The summed E-state index contributed by atoms with van der Waals surface area (Å²) in [5.74, 6) is 0. The minimum atomic E-state index is 1.00. The molecule has 0 saturated carbocycles. The van der Waals surface area contributed by atoms with Crippen LogP contribution >= 0.6 is 0 Å². The number of rotatable bonds is 3. The minimum Gasteiger partial charge on any atom is -0.309 e. The zero-order valence-corrected chi connectivity index (χ0v) is 22.8. The maximum atomic E-state index is 5.09. The molecule has 3 nitrogen and oxygen atoms in total. The van der Waals surface area contributed by atoms with E-state index < -0.39 is 0 Å². The molecule has 0 aliphatic heterocycles. The number of para-hydroxylation sites is 3. The van der Waals surface area contributed by atoms with Crippen molar-refractivity contribution in [3.8, 4) is 22.6 Å². The number of nitrogens with zero attached hydrogens (tertiary/aromatic N) is 3. The van der Waals surface area contributed by atoms with Crippen molar-refractivity contribution >= 4 is 54.4 Å². The van der Waals surface area contributed by atoms with Crippen LogP contribution in [0.15, 0.2) is 152 Å². The van der Waals surface area contributed by atoms with Crippen molar-refractivity contribution in [3.63, 3.8) is 0 Å². The summed E-state index contributed by atoms with van der Waals surface area (Å²) in [5.41, 5.74) is 9.15. The van der Waals surface area contributed by atoms with Gasteiger partial charge in [-0.05, 0) is 59.3 Å². The number of fused-ring (bicyclic) bond motifs is 7. The molecule has 0 atom stereocenters. The van der Waals surface area contributed by atoms with E-state index in [1.165, 1.54) is 48.9 Å². The zero-order valence-electron chi connectivity index (χ0n) is 22.8. The molecule has 0 bridgehead atoms. The highest BCUT2D eigenvalue weighted by Gasteiger charge is 2.21. The molecule has 3 aromatic heterocycles. The maximum absolute atomic E-state index is 5.09. The largest absolute Gasteiger partial charge is 0.309 e. The van der Waals surface area contributed by atoms with Gasteiger partial charge in [0.1, 0.15) is 0 Å². The van der Waals surface area contributed by atoms with E-state index in [1.807, 2.05) is 6.20 Å². The zero-order chi connectivity index (χ0) is 27.6. The van der Waals surface area contributed by atoms with Crippen LogP contribution in [0, 0.1) is 0 Å². The van der Waals surface area contributed by atoms with Crippen LogP contribution in [0.1, 0.15) is 0 Å². The fourth-order valence-corrected chi connectivity index (χ4v) is 6.78. The molecule has 3 heteroatoms. The van der Waals surface area contributed by atoms with Gasteiger partial charge >= 0.3 is 0 Å². The minimum absolute atomic E-state index is 1.00. The lowest BCUT2D eigenvalue weighted by molar-refractivity contribution is 1.17. The summed E-state index contributed by atoms with van der Waals surface area (Å²) in [6.07, 6.45) is 1.96. The molecule has 9 aromatic rings. The van der Waals surface area contributed by atoms with E-state index >= 15 is 0 Å². The monoisotopic (exact) mass is 535 g/mol. The van der Waals surface area contributed by atoms with Gasteiger partial charge in [0.25, 0.3) is 0 Å². The van der Waals surface area contributed by atoms with Gasteiger partial charge in [0.05, 0.1) is 27.8 Å². The van der Waals surface area contributed by atoms with Gasteiger partial charge < -0.3 is 9.13 Å². The summed E-state index contributed by atoms with van der Waals surface area (Å²) in [5, 5.41) is 7.30. The first-order valence-electron chi connectivity index (χ1n) is 14.3. The molecule has 0 aliphatic rings. The highest BCUT2D eigenvalue weighted by Crippen LogP contribution is 2.42. The van der Waals surface area contributed by atoms with Crippen molar-refractivity contribution in [1.82, 2.24) is 14.1 Å². The maximum Gasteiger partial charge on any atom is 0.0809 e. The van der Waals surface area contributed by atoms with E-state index in [-0.39, 0.29) is 0 Å². The lowest BCUT2D eigenvalue weighted by atomic mass is 10.00. The molecule has 6 aromatic carbocycles. The Labute approximate surface area is 242 Å². The topological polar surface area (TPSA) is 22.8 Å². The van der Waals surface area contributed by atoms with Gasteiger partial charge in [-0.15, -0.1) is 0 Å². The lowest BCUT2D eigenvalue weighted by Gasteiger charge is -2.11. The van der Waals surface area contributed by atoms with Crippen molar-refractivity contribution in [2.45, 2.75) is 0 Å². The van der Waals surface area contributed by atoms with Gasteiger partial charge in [-0.2, -0.15) is 0 Å². The van der Waals surface area contributed by atoms with Crippen LogP contribution in [0.4, 0.5) is 0 Å². The third-order valence-electron chi connectivity index (χ3n) is 8.54. The summed E-state index contributed by atoms with van der Waals surface area (Å²) in [6.45, 7) is 0. The summed E-state index contributed by atoms with van der Waals surface area (Å²) in [4.78, 5) is 5.09. The second kappa shape index (κ2) is 8.92. The Kier molecular flexibility index (Phi) is 4.90. The molecule has 196 valence electrons. The van der Waals surface area contributed by atoms with Gasteiger partial charge in [-0.1, -0.05) is 97.1 Å². The molecule has 0 N–H and O–H groups in total. The van der Waals surface area contributed by atoms with E-state index in [2.05, 4.69) is 155 Å². The molecule has 0 unspecified atom stereocenters. The molecule has 3 heterocycles. The summed E-state index contributed by atoms with van der Waals surface area (Å²) < 4.78 is 4.75. The lowest BCUT2D eigenvalue weighted by Crippen LogP contribution is -1.94. The molecule has 0 radical (unpaired) electrons. The van der Waals surface area contributed by atoms with Gasteiger partial charge in [-0.25, -0.2) is 0 Å². The number of hydrogen-bond donors (Lipinski definition) is 0. The summed E-state index contributed by atoms with van der Waals surface area (Å²) in [7, 11) is 0. The quantitative estimate of drug-likeness (QED) is 0.221. The van der Waals surface area contributed by atoms with Crippen LogP contribution in [0.2, 0.25) is 0 Å². The number of pyridine rings is 1. The van der Waals surface area contributed by atoms with Crippen molar-refractivity contribution in [1.29, 1.82) is 0 Å². The van der Waals surface area contributed by atoms with Crippen molar-refractivity contribution in [3.05, 3.63) is 152 Å². The Morgan fingerprint density at radius 1 is 0.405 bits per heavy atom. The van der Waals surface area contributed by atoms with Crippen LogP contribution in [0.25, 0.3) is 77.0 Å². The van der Waals surface area contributed by atoms with Crippen LogP contribution in [-0.2, 0) is 0 Å². The fourth-order valence-electron chi connectivity index (χ4n) is 6.78. The molecule has 0 saturated heterocycles. The summed E-state index contributed by atoms with van der Waals surface area (Å²) >= 11 is 0. The highest BCUT2D eigenvalue weighted by molar-refractivity contribution is 6.21. The number of aromatic nitrogens is 3. The van der Waals surface area contributed by atoms with E-state index in [4.69, 9.17) is 4.98 Å². The first-order chi connectivity index (χ1) is 20.9. The Morgan fingerprint density at radius 2 is 1.02 bits per heavy atom. The van der Waals surface area contributed by atoms with E-state index in [0.29, 0.717) is 0 Å². The van der Waals surface area contributed by atoms with E-state index in [1.54, 1.807) is 0 Å². The van der Waals surface area contributed by atoms with Gasteiger partial charge in [0.15, 0.2) is 0 Å². The SMILES string of the molecule is c1ccc(-n2c3ccccc3c3c(-c4cccc5c4c4ccccc4n5-c4ccc5ccccc5c4)nccc32)cc1. The molecule has 0 aliphatic carbocycles. The first-order valence-corrected chi connectivity index (χ1v) is 14.3. The molecular formula is C39H25N3. The van der Waals surface area contributed by atoms with E-state index in [0.717, 1.165) is 28.1 Å². The predicted molar refractivity (Wildman–Crippen MR) is 176 cm³/mol. The highest BCUT2D eigenvalue weighted by atomic mass is 15.0. The molecule has 9 rings (SSSR count). The smallest absolute Gasteiger partial charge is 0.0809 e. The van der Waals surface area contributed by atoms with Crippen LogP contribution in [0.5, 0.6) is 0 Å².